The summed E-state index contributed by atoms with van der Waals surface area (Å²) >= 11 is 1.73. The molecule has 0 radical (unpaired) electrons. The number of anilines is 1. The van der Waals surface area contributed by atoms with Gasteiger partial charge in [-0.15, -0.1) is 0 Å². The van der Waals surface area contributed by atoms with Crippen LogP contribution in [0, 0.1) is 0 Å². The molecule has 102 valence electrons. The van der Waals surface area contributed by atoms with Crippen molar-refractivity contribution < 1.29 is 0 Å². The fraction of sp³-hybridized carbons (Fsp3) is 0.400. The topological polar surface area (TPSA) is 42.1 Å². The fourth-order valence-electron chi connectivity index (χ4n) is 2.09. The number of hydrogen-bond donors (Lipinski definition) is 1. The van der Waals surface area contributed by atoms with Crippen LogP contribution >= 0.6 is 11.3 Å². The Hall–Kier alpha value is -1.39. The molecule has 2 heterocycles. The molecule has 0 aliphatic heterocycles. The maximum Gasteiger partial charge on any atom is 0.131 e. The zero-order valence-corrected chi connectivity index (χ0v) is 12.4. The quantitative estimate of drug-likeness (QED) is 0.881. The normalized spacial score (nSPS) is 12.4. The van der Waals surface area contributed by atoms with Crippen molar-refractivity contribution in [3.8, 4) is 0 Å². The monoisotopic (exact) mass is 275 g/mol. The first-order valence-electron chi connectivity index (χ1n) is 6.62. The number of hydrogen-bond acceptors (Lipinski definition) is 4. The van der Waals surface area contributed by atoms with Gasteiger partial charge in [0.15, 0.2) is 0 Å². The summed E-state index contributed by atoms with van der Waals surface area (Å²) in [7, 11) is 2.08. The Morgan fingerprint density at radius 2 is 2.26 bits per heavy atom. The first kappa shape index (κ1) is 14.0. The van der Waals surface area contributed by atoms with E-state index in [-0.39, 0.29) is 6.04 Å². The molecule has 0 spiro atoms. The molecule has 0 saturated heterocycles. The van der Waals surface area contributed by atoms with Crippen LogP contribution in [0.5, 0.6) is 0 Å². The molecule has 0 saturated carbocycles. The molecule has 3 nitrogen and oxygen atoms in total. The minimum Gasteiger partial charge on any atom is -0.355 e. The molecule has 1 unspecified atom stereocenters. The second-order valence-corrected chi connectivity index (χ2v) is 5.63. The van der Waals surface area contributed by atoms with Gasteiger partial charge in [-0.05, 0) is 46.9 Å². The highest BCUT2D eigenvalue weighted by atomic mass is 32.1. The van der Waals surface area contributed by atoms with E-state index in [0.29, 0.717) is 0 Å². The predicted octanol–water partition coefficient (Wildman–Crippen LogP) is 3.06. The van der Waals surface area contributed by atoms with E-state index in [1.165, 1.54) is 11.1 Å². The van der Waals surface area contributed by atoms with Crippen molar-refractivity contribution in [2.24, 2.45) is 5.73 Å². The third kappa shape index (κ3) is 3.78. The Kier molecular flexibility index (Phi) is 4.93. The average Bonchev–Trinajstić information content (AvgIpc) is 2.92. The van der Waals surface area contributed by atoms with E-state index in [1.54, 1.807) is 11.3 Å². The van der Waals surface area contributed by atoms with Gasteiger partial charge in [-0.2, -0.15) is 11.3 Å². The van der Waals surface area contributed by atoms with Crippen LogP contribution in [0.15, 0.2) is 35.2 Å². The SMILES string of the molecule is CCC(N)Cc1cccnc1N(C)Cc1ccsc1. The molecule has 0 bridgehead atoms. The summed E-state index contributed by atoms with van der Waals surface area (Å²) in [6, 6.07) is 6.47. The summed E-state index contributed by atoms with van der Waals surface area (Å²) < 4.78 is 0. The van der Waals surface area contributed by atoms with Gasteiger partial charge in [0.2, 0.25) is 0 Å². The van der Waals surface area contributed by atoms with Crippen molar-refractivity contribution in [2.75, 3.05) is 11.9 Å². The Morgan fingerprint density at radius 3 is 2.95 bits per heavy atom. The Bertz CT molecular complexity index is 496. The van der Waals surface area contributed by atoms with E-state index in [2.05, 4.69) is 46.7 Å². The lowest BCUT2D eigenvalue weighted by atomic mass is 10.1. The van der Waals surface area contributed by atoms with E-state index in [4.69, 9.17) is 5.73 Å². The lowest BCUT2D eigenvalue weighted by Crippen LogP contribution is -2.24. The minimum absolute atomic E-state index is 0.206. The Labute approximate surface area is 119 Å². The predicted molar refractivity (Wildman–Crippen MR) is 82.6 cm³/mol. The first-order valence-corrected chi connectivity index (χ1v) is 7.56. The molecule has 2 aromatic heterocycles. The lowest BCUT2D eigenvalue weighted by Gasteiger charge is -2.21. The summed E-state index contributed by atoms with van der Waals surface area (Å²) in [4.78, 5) is 6.71. The van der Waals surface area contributed by atoms with Gasteiger partial charge in [0.05, 0.1) is 0 Å². The maximum absolute atomic E-state index is 6.07. The van der Waals surface area contributed by atoms with E-state index >= 15 is 0 Å². The molecule has 0 aliphatic carbocycles. The summed E-state index contributed by atoms with van der Waals surface area (Å²) in [5.74, 6) is 1.04. The second-order valence-electron chi connectivity index (χ2n) is 4.85. The van der Waals surface area contributed by atoms with Gasteiger partial charge >= 0.3 is 0 Å². The van der Waals surface area contributed by atoms with Crippen LogP contribution in [0.4, 0.5) is 5.82 Å². The van der Waals surface area contributed by atoms with Gasteiger partial charge in [-0.3, -0.25) is 0 Å². The second kappa shape index (κ2) is 6.68. The summed E-state index contributed by atoms with van der Waals surface area (Å²) in [5, 5.41) is 4.28. The minimum atomic E-state index is 0.206. The largest absolute Gasteiger partial charge is 0.355 e. The molecule has 19 heavy (non-hydrogen) atoms. The van der Waals surface area contributed by atoms with E-state index in [1.807, 2.05) is 12.3 Å². The smallest absolute Gasteiger partial charge is 0.131 e. The van der Waals surface area contributed by atoms with Gasteiger partial charge in [0.25, 0.3) is 0 Å². The molecule has 2 aromatic rings. The number of thiophene rings is 1. The van der Waals surface area contributed by atoms with Gasteiger partial charge in [-0.1, -0.05) is 13.0 Å². The average molecular weight is 275 g/mol. The first-order chi connectivity index (χ1) is 9.20. The maximum atomic E-state index is 6.07. The van der Waals surface area contributed by atoms with Gasteiger partial charge in [0.1, 0.15) is 5.82 Å². The molecule has 4 heteroatoms. The van der Waals surface area contributed by atoms with Crippen LogP contribution in [-0.4, -0.2) is 18.1 Å². The summed E-state index contributed by atoms with van der Waals surface area (Å²) in [5.41, 5.74) is 8.62. The third-order valence-corrected chi connectivity index (χ3v) is 3.97. The van der Waals surface area contributed by atoms with Crippen molar-refractivity contribution in [1.82, 2.24) is 4.98 Å². The number of pyridine rings is 1. The van der Waals surface area contributed by atoms with Crippen LogP contribution in [-0.2, 0) is 13.0 Å². The molecule has 1 atom stereocenters. The fourth-order valence-corrected chi connectivity index (χ4v) is 2.75. The number of rotatable bonds is 6. The van der Waals surface area contributed by atoms with Crippen LogP contribution in [0.3, 0.4) is 0 Å². The van der Waals surface area contributed by atoms with Crippen molar-refractivity contribution in [3.63, 3.8) is 0 Å². The third-order valence-electron chi connectivity index (χ3n) is 3.24. The van der Waals surface area contributed by atoms with Gasteiger partial charge in [0, 0.05) is 25.8 Å². The molecular weight excluding hydrogens is 254 g/mol. The highest BCUT2D eigenvalue weighted by molar-refractivity contribution is 7.07. The van der Waals surface area contributed by atoms with Crippen LogP contribution in [0.25, 0.3) is 0 Å². The van der Waals surface area contributed by atoms with Gasteiger partial charge in [-0.25, -0.2) is 4.98 Å². The van der Waals surface area contributed by atoms with Crippen molar-refractivity contribution in [3.05, 3.63) is 46.3 Å². The Balaban J connectivity index is 2.14. The van der Waals surface area contributed by atoms with Crippen LogP contribution in [0.1, 0.15) is 24.5 Å². The zero-order valence-electron chi connectivity index (χ0n) is 11.5. The molecule has 0 fully saturated rings. The van der Waals surface area contributed by atoms with Crippen LogP contribution in [0.2, 0.25) is 0 Å². The van der Waals surface area contributed by atoms with Crippen molar-refractivity contribution in [2.45, 2.75) is 32.4 Å². The number of aromatic nitrogens is 1. The molecule has 2 rings (SSSR count). The molecule has 2 N–H and O–H groups in total. The Morgan fingerprint density at radius 1 is 1.42 bits per heavy atom. The summed E-state index contributed by atoms with van der Waals surface area (Å²) in [6.45, 7) is 3.00. The highest BCUT2D eigenvalue weighted by Crippen LogP contribution is 2.20. The highest BCUT2D eigenvalue weighted by Gasteiger charge is 2.11. The number of nitrogens with two attached hydrogens (primary N) is 1. The lowest BCUT2D eigenvalue weighted by molar-refractivity contribution is 0.643. The van der Waals surface area contributed by atoms with Crippen molar-refractivity contribution in [1.29, 1.82) is 0 Å². The molecule has 0 aliphatic rings. The summed E-state index contributed by atoms with van der Waals surface area (Å²) in [6.07, 6.45) is 3.72. The number of nitrogens with zero attached hydrogens (tertiary/aromatic N) is 2. The van der Waals surface area contributed by atoms with Gasteiger partial charge < -0.3 is 10.6 Å². The molecule has 0 amide bonds. The standard InChI is InChI=1S/C15H21N3S/c1-3-14(16)9-13-5-4-7-17-15(13)18(2)10-12-6-8-19-11-12/h4-8,11,14H,3,9-10,16H2,1-2H3. The zero-order chi connectivity index (χ0) is 13.7. The van der Waals surface area contributed by atoms with Crippen molar-refractivity contribution >= 4 is 17.2 Å². The van der Waals surface area contributed by atoms with Crippen LogP contribution < -0.4 is 10.6 Å². The molecular formula is C15H21N3S. The van der Waals surface area contributed by atoms with E-state index < -0.39 is 0 Å². The van der Waals surface area contributed by atoms with E-state index in [0.717, 1.165) is 25.2 Å². The molecule has 0 aromatic carbocycles. The van der Waals surface area contributed by atoms with E-state index in [9.17, 15) is 0 Å².